The molecule has 172 valence electrons. The van der Waals surface area contributed by atoms with Gasteiger partial charge in [0.05, 0.1) is 11.6 Å². The molecule has 1 amide bonds. The van der Waals surface area contributed by atoms with Gasteiger partial charge in [-0.15, -0.1) is 0 Å². The quantitative estimate of drug-likeness (QED) is 0.320. The number of Topliss-reactive ketones (excluding diaryl/α,β-unsaturated/α-hetero) is 1. The van der Waals surface area contributed by atoms with Crippen LogP contribution in [0.5, 0.6) is 0 Å². The molecule has 0 radical (unpaired) electrons. The molecule has 0 unspecified atom stereocenters. The van der Waals surface area contributed by atoms with E-state index in [4.69, 9.17) is 11.6 Å². The predicted octanol–water partition coefficient (Wildman–Crippen LogP) is 3.69. The lowest BCUT2D eigenvalue weighted by molar-refractivity contribution is -0.306. The van der Waals surface area contributed by atoms with Crippen LogP contribution in [0, 0.1) is 0 Å². The number of carboxylic acids is 1. The molecule has 0 bridgehead atoms. The van der Waals surface area contributed by atoms with Gasteiger partial charge in [-0.25, -0.2) is 0 Å². The Morgan fingerprint density at radius 3 is 2.12 bits per heavy atom. The SMILES string of the molecule is O=C([O-])C[C@@H](CN1C(=O)C(=O)C(=C(O)c2ccccc2)[C@H]1c1ccc(Cl)cc1)c1ccccc1. The van der Waals surface area contributed by atoms with E-state index in [-0.39, 0.29) is 24.3 Å². The average molecular weight is 475 g/mol. The van der Waals surface area contributed by atoms with E-state index in [2.05, 4.69) is 0 Å². The summed E-state index contributed by atoms with van der Waals surface area (Å²) in [6, 6.07) is 23.1. The molecule has 1 saturated heterocycles. The fraction of sp³-hybridized carbons (Fsp3) is 0.148. The van der Waals surface area contributed by atoms with Crippen LogP contribution in [0.3, 0.4) is 0 Å². The monoisotopic (exact) mass is 474 g/mol. The molecule has 6 nitrogen and oxygen atoms in total. The highest BCUT2D eigenvalue weighted by atomic mass is 35.5. The Morgan fingerprint density at radius 1 is 0.941 bits per heavy atom. The Bertz CT molecular complexity index is 1240. The Morgan fingerprint density at radius 2 is 1.53 bits per heavy atom. The predicted molar refractivity (Wildman–Crippen MR) is 126 cm³/mol. The number of aliphatic carboxylic acids is 1. The van der Waals surface area contributed by atoms with Gasteiger partial charge >= 0.3 is 0 Å². The molecule has 4 rings (SSSR count). The Balaban J connectivity index is 1.83. The molecule has 1 aliphatic rings. The molecule has 1 heterocycles. The van der Waals surface area contributed by atoms with Crippen molar-refractivity contribution in [2.75, 3.05) is 6.54 Å². The summed E-state index contributed by atoms with van der Waals surface area (Å²) in [5, 5.41) is 23.0. The van der Waals surface area contributed by atoms with Gasteiger partial charge in [0.1, 0.15) is 5.76 Å². The summed E-state index contributed by atoms with van der Waals surface area (Å²) in [6.07, 6.45) is -0.334. The van der Waals surface area contributed by atoms with Gasteiger partial charge in [-0.2, -0.15) is 0 Å². The van der Waals surface area contributed by atoms with Gasteiger partial charge in [0, 0.05) is 29.0 Å². The van der Waals surface area contributed by atoms with E-state index >= 15 is 0 Å². The number of hydrogen-bond acceptors (Lipinski definition) is 5. The molecule has 3 aromatic carbocycles. The number of hydrogen-bond donors (Lipinski definition) is 1. The summed E-state index contributed by atoms with van der Waals surface area (Å²) < 4.78 is 0. The van der Waals surface area contributed by atoms with Crippen LogP contribution in [0.2, 0.25) is 5.02 Å². The highest BCUT2D eigenvalue weighted by Gasteiger charge is 2.46. The van der Waals surface area contributed by atoms with Gasteiger partial charge in [0.25, 0.3) is 11.7 Å². The number of carbonyl (C=O) groups excluding carboxylic acids is 3. The standard InChI is InChI=1S/C27H22ClNO5/c28-21-13-11-18(12-14-21)24-23(25(32)19-9-5-2-6-10-19)26(33)27(34)29(24)16-20(15-22(30)31)17-7-3-1-4-8-17/h1-14,20,24,32H,15-16H2,(H,30,31)/p-1/t20-,24+/m0/s1. The molecule has 34 heavy (non-hydrogen) atoms. The van der Waals surface area contributed by atoms with Crippen LogP contribution in [-0.2, 0) is 14.4 Å². The number of carbonyl (C=O) groups is 3. The first kappa shape index (κ1) is 23.3. The van der Waals surface area contributed by atoms with Gasteiger partial charge in [-0.05, 0) is 29.7 Å². The van der Waals surface area contributed by atoms with Gasteiger partial charge in [0.15, 0.2) is 0 Å². The molecule has 1 fully saturated rings. The summed E-state index contributed by atoms with van der Waals surface area (Å²) >= 11 is 6.05. The minimum atomic E-state index is -1.27. The molecule has 0 aromatic heterocycles. The molecule has 1 N–H and O–H groups in total. The van der Waals surface area contributed by atoms with E-state index in [1.165, 1.54) is 4.90 Å². The molecular formula is C27H21ClNO5-. The number of aliphatic hydroxyl groups is 1. The van der Waals surface area contributed by atoms with Crippen molar-refractivity contribution in [3.8, 4) is 0 Å². The first-order chi connectivity index (χ1) is 16.4. The first-order valence-electron chi connectivity index (χ1n) is 10.7. The number of benzene rings is 3. The molecule has 0 aliphatic carbocycles. The van der Waals surface area contributed by atoms with Gasteiger partial charge in [-0.1, -0.05) is 84.4 Å². The van der Waals surface area contributed by atoms with Gasteiger partial charge in [0.2, 0.25) is 0 Å². The molecule has 3 aromatic rings. The maximum Gasteiger partial charge on any atom is 0.295 e. The van der Waals surface area contributed by atoms with Crippen molar-refractivity contribution < 1.29 is 24.6 Å². The minimum absolute atomic E-state index is 0.0541. The molecular weight excluding hydrogens is 454 g/mol. The number of amides is 1. The summed E-state index contributed by atoms with van der Waals surface area (Å²) in [7, 11) is 0. The number of ketones is 1. The normalized spacial score (nSPS) is 18.1. The zero-order valence-electron chi connectivity index (χ0n) is 18.1. The van der Waals surface area contributed by atoms with Crippen LogP contribution in [0.1, 0.15) is 35.1 Å². The minimum Gasteiger partial charge on any atom is -0.550 e. The molecule has 1 aliphatic heterocycles. The number of nitrogens with zero attached hydrogens (tertiary/aromatic N) is 1. The van der Waals surface area contributed by atoms with E-state index in [1.807, 2.05) is 0 Å². The third-order valence-corrected chi connectivity index (χ3v) is 6.13. The van der Waals surface area contributed by atoms with Crippen LogP contribution >= 0.6 is 11.6 Å². The van der Waals surface area contributed by atoms with Crippen LogP contribution in [-0.4, -0.2) is 34.2 Å². The van der Waals surface area contributed by atoms with Crippen molar-refractivity contribution in [2.45, 2.75) is 18.4 Å². The van der Waals surface area contributed by atoms with Crippen molar-refractivity contribution in [1.82, 2.24) is 4.90 Å². The topological polar surface area (TPSA) is 97.7 Å². The largest absolute Gasteiger partial charge is 0.550 e. The summed E-state index contributed by atoms with van der Waals surface area (Å²) in [6.45, 7) is -0.0541. The first-order valence-corrected chi connectivity index (χ1v) is 11.1. The van der Waals surface area contributed by atoms with Crippen LogP contribution in [0.15, 0.2) is 90.5 Å². The lowest BCUT2D eigenvalue weighted by Gasteiger charge is -2.30. The van der Waals surface area contributed by atoms with Crippen LogP contribution in [0.4, 0.5) is 0 Å². The lowest BCUT2D eigenvalue weighted by Crippen LogP contribution is -2.36. The zero-order chi connectivity index (χ0) is 24.2. The smallest absolute Gasteiger partial charge is 0.295 e. The number of likely N-dealkylation sites (tertiary alicyclic amines) is 1. The van der Waals surface area contributed by atoms with Crippen molar-refractivity contribution in [1.29, 1.82) is 0 Å². The summed E-state index contributed by atoms with van der Waals surface area (Å²) in [4.78, 5) is 39.2. The number of aliphatic hydroxyl groups excluding tert-OH is 1. The fourth-order valence-electron chi connectivity index (χ4n) is 4.26. The second-order valence-electron chi connectivity index (χ2n) is 8.05. The Labute approximate surface area is 201 Å². The van der Waals surface area contributed by atoms with Crippen LogP contribution < -0.4 is 5.11 Å². The van der Waals surface area contributed by atoms with Gasteiger partial charge in [-0.3, -0.25) is 9.59 Å². The second kappa shape index (κ2) is 9.93. The zero-order valence-corrected chi connectivity index (χ0v) is 18.8. The summed E-state index contributed by atoms with van der Waals surface area (Å²) in [5.41, 5.74) is 1.61. The highest BCUT2D eigenvalue weighted by Crippen LogP contribution is 2.41. The third-order valence-electron chi connectivity index (χ3n) is 5.87. The highest BCUT2D eigenvalue weighted by molar-refractivity contribution is 6.46. The number of carboxylic acid groups (broad SMARTS) is 1. The van der Waals surface area contributed by atoms with Crippen molar-refractivity contribution in [3.63, 3.8) is 0 Å². The Kier molecular flexibility index (Phi) is 6.80. The van der Waals surface area contributed by atoms with E-state index < -0.39 is 29.6 Å². The molecule has 7 heteroatoms. The van der Waals surface area contributed by atoms with Crippen LogP contribution in [0.25, 0.3) is 5.76 Å². The second-order valence-corrected chi connectivity index (χ2v) is 8.49. The summed E-state index contributed by atoms with van der Waals surface area (Å²) in [5.74, 6) is -3.82. The van der Waals surface area contributed by atoms with E-state index in [0.29, 0.717) is 21.7 Å². The molecule has 2 atom stereocenters. The average Bonchev–Trinajstić information content (AvgIpc) is 3.09. The van der Waals surface area contributed by atoms with E-state index in [0.717, 1.165) is 0 Å². The van der Waals surface area contributed by atoms with Crippen molar-refractivity contribution >= 4 is 35.0 Å². The van der Waals surface area contributed by atoms with E-state index in [9.17, 15) is 24.6 Å². The van der Waals surface area contributed by atoms with Gasteiger partial charge < -0.3 is 19.9 Å². The fourth-order valence-corrected chi connectivity index (χ4v) is 4.39. The Hall–Kier alpha value is -3.90. The third kappa shape index (κ3) is 4.72. The molecule has 0 spiro atoms. The van der Waals surface area contributed by atoms with Crippen molar-refractivity contribution in [3.05, 3.63) is 112 Å². The number of rotatable bonds is 7. The maximum atomic E-state index is 13.2. The maximum absolute atomic E-state index is 13.2. The van der Waals surface area contributed by atoms with Crippen molar-refractivity contribution in [2.24, 2.45) is 0 Å². The molecule has 0 saturated carbocycles. The lowest BCUT2D eigenvalue weighted by atomic mass is 9.92. The number of halogens is 1. The van der Waals surface area contributed by atoms with E-state index in [1.54, 1.807) is 84.9 Å².